The molecule has 9 aliphatic rings. The van der Waals surface area contributed by atoms with Gasteiger partial charge < -0.3 is 114 Å². The third kappa shape index (κ3) is 9.76. The van der Waals surface area contributed by atoms with Gasteiger partial charge in [-0.05, 0) is 104 Å². The van der Waals surface area contributed by atoms with E-state index in [1.807, 2.05) is 6.92 Å². The fraction of sp³-hybridized carbons (Fsp3) is 0.944. The Bertz CT molecular complexity index is 2150. The average molecular weight is 1120 g/mol. The van der Waals surface area contributed by atoms with Crippen LogP contribution in [0.15, 0.2) is 11.6 Å². The minimum atomic E-state index is -1.96. The molecule has 30 atom stereocenters. The van der Waals surface area contributed by atoms with Crippen molar-refractivity contribution in [2.24, 2.45) is 50.2 Å². The highest BCUT2D eigenvalue weighted by atomic mass is 16.8. The summed E-state index contributed by atoms with van der Waals surface area (Å²) in [7, 11) is 0. The first kappa shape index (κ1) is 60.9. The van der Waals surface area contributed by atoms with E-state index in [1.165, 1.54) is 6.92 Å². The quantitative estimate of drug-likeness (QED) is 0.0524. The van der Waals surface area contributed by atoms with E-state index in [4.69, 9.17) is 37.9 Å². The van der Waals surface area contributed by atoms with Crippen LogP contribution in [-0.2, 0) is 42.7 Å². The van der Waals surface area contributed by atoms with Gasteiger partial charge in [-0.2, -0.15) is 0 Å². The molecule has 8 fully saturated rings. The second-order valence-electron chi connectivity index (χ2n) is 26.3. The van der Waals surface area contributed by atoms with Gasteiger partial charge >= 0.3 is 5.97 Å². The van der Waals surface area contributed by atoms with E-state index in [-0.39, 0.29) is 29.6 Å². The fourth-order valence-electron chi connectivity index (χ4n) is 16.5. The SMILES string of the molecule is C[C@@H]1O[C@@H](O[C@H]2[C@H](OC(=O)C34CCC(C)(C)CC3C3=CCC5[C@@]6(C)C[C@H](O)[C@H](O[C@@H]7O[C@H](CO)[C@@H](O)[C@H](O)[C@H]7O)[C@@](C)(CO)[C@@H]6CC[C@@]5(C)[C@]3(C)CC4)O[C@H](CO[C@H]3O[C@@H](CO)[C@H](O)[C@@H](O)[C@@H]3O)[C@@H](O)[C@@H]2O)[C@H](O)[C@H](O)[C@H]1O. The van der Waals surface area contributed by atoms with Crippen molar-refractivity contribution in [1.82, 2.24) is 0 Å². The number of carbonyl (C=O) groups excluding carboxylic acids is 1. The Morgan fingerprint density at radius 3 is 1.76 bits per heavy atom. The zero-order valence-corrected chi connectivity index (χ0v) is 45.6. The third-order valence-electron chi connectivity index (χ3n) is 21.5. The van der Waals surface area contributed by atoms with Gasteiger partial charge in [-0.15, -0.1) is 0 Å². The van der Waals surface area contributed by atoms with Crippen molar-refractivity contribution in [1.29, 1.82) is 0 Å². The predicted molar refractivity (Wildman–Crippen MR) is 264 cm³/mol. The van der Waals surface area contributed by atoms with Crippen LogP contribution in [0, 0.1) is 50.2 Å². The smallest absolute Gasteiger partial charge is 0.315 e. The summed E-state index contributed by atoms with van der Waals surface area (Å²) in [5, 5.41) is 162. The monoisotopic (exact) mass is 1120 g/mol. The highest BCUT2D eigenvalue weighted by Gasteiger charge is 2.72. The summed E-state index contributed by atoms with van der Waals surface area (Å²) in [5.74, 6) is -1.33. The Kier molecular flexibility index (Phi) is 17.2. The molecule has 4 saturated carbocycles. The van der Waals surface area contributed by atoms with Crippen molar-refractivity contribution in [2.75, 3.05) is 26.4 Å². The van der Waals surface area contributed by atoms with Gasteiger partial charge in [0.25, 0.3) is 0 Å². The lowest BCUT2D eigenvalue weighted by molar-refractivity contribution is -0.366. The van der Waals surface area contributed by atoms with Crippen LogP contribution in [0.3, 0.4) is 0 Å². The van der Waals surface area contributed by atoms with Crippen molar-refractivity contribution in [3.8, 4) is 0 Å². The van der Waals surface area contributed by atoms with E-state index in [0.29, 0.717) is 51.4 Å². The molecule has 0 radical (unpaired) electrons. The van der Waals surface area contributed by atoms with Gasteiger partial charge in [0.05, 0.1) is 50.2 Å². The van der Waals surface area contributed by atoms with Gasteiger partial charge in [0, 0.05) is 5.41 Å². The highest BCUT2D eigenvalue weighted by molar-refractivity contribution is 5.79. The maximum atomic E-state index is 15.6. The lowest BCUT2D eigenvalue weighted by Crippen LogP contribution is -2.69. The minimum Gasteiger partial charge on any atom is -0.432 e. The maximum Gasteiger partial charge on any atom is 0.315 e. The lowest BCUT2D eigenvalue weighted by atomic mass is 9.33. The number of rotatable bonds is 12. The molecule has 5 aliphatic carbocycles. The van der Waals surface area contributed by atoms with Crippen LogP contribution >= 0.6 is 0 Å². The first-order chi connectivity index (χ1) is 36.5. The van der Waals surface area contributed by atoms with Gasteiger partial charge in [-0.1, -0.05) is 53.2 Å². The number of fused-ring (bicyclic) bond motifs is 7. The van der Waals surface area contributed by atoms with Crippen LogP contribution in [0.5, 0.6) is 0 Å². The number of hydrogen-bond acceptors (Lipinski definition) is 24. The number of allylic oxidation sites excluding steroid dienone is 2. The summed E-state index contributed by atoms with van der Waals surface area (Å²) in [5.41, 5.74) is -2.91. The van der Waals surface area contributed by atoms with E-state index in [2.05, 4.69) is 40.7 Å². The summed E-state index contributed by atoms with van der Waals surface area (Å²) >= 11 is 0. The van der Waals surface area contributed by atoms with E-state index >= 15 is 4.79 Å². The van der Waals surface area contributed by atoms with Crippen LogP contribution in [0.2, 0.25) is 0 Å². The molecule has 15 N–H and O–H groups in total. The minimum absolute atomic E-state index is 0.0504. The molecule has 78 heavy (non-hydrogen) atoms. The Labute approximate surface area is 453 Å². The van der Waals surface area contributed by atoms with Crippen LogP contribution in [0.4, 0.5) is 0 Å². The van der Waals surface area contributed by atoms with Crippen molar-refractivity contribution in [3.05, 3.63) is 11.6 Å². The topological polar surface area (TPSA) is 394 Å². The van der Waals surface area contributed by atoms with Gasteiger partial charge in [-0.25, -0.2) is 0 Å². The molecule has 24 nitrogen and oxygen atoms in total. The van der Waals surface area contributed by atoms with E-state index in [9.17, 15) is 76.6 Å². The Balaban J connectivity index is 1.00. The zero-order valence-electron chi connectivity index (χ0n) is 45.6. The summed E-state index contributed by atoms with van der Waals surface area (Å²) in [4.78, 5) is 15.6. The van der Waals surface area contributed by atoms with Gasteiger partial charge in [0.1, 0.15) is 85.5 Å². The Morgan fingerprint density at radius 1 is 0.590 bits per heavy atom. The molecular formula is C54H88O24. The molecule has 4 heterocycles. The molecule has 24 heteroatoms. The van der Waals surface area contributed by atoms with Crippen molar-refractivity contribution in [3.63, 3.8) is 0 Å². The largest absolute Gasteiger partial charge is 0.432 e. The number of hydrogen-bond donors (Lipinski definition) is 15. The molecule has 0 bridgehead atoms. The normalized spacial score (nSPS) is 55.1. The van der Waals surface area contributed by atoms with E-state index in [0.717, 1.165) is 5.57 Å². The van der Waals surface area contributed by atoms with E-state index in [1.54, 1.807) is 0 Å². The molecule has 0 aromatic rings. The van der Waals surface area contributed by atoms with Gasteiger partial charge in [0.15, 0.2) is 25.0 Å². The first-order valence-corrected chi connectivity index (χ1v) is 27.9. The molecule has 0 aromatic heterocycles. The Morgan fingerprint density at radius 2 is 1.14 bits per heavy atom. The predicted octanol–water partition coefficient (Wildman–Crippen LogP) is -3.06. The van der Waals surface area contributed by atoms with Gasteiger partial charge in [-0.3, -0.25) is 4.79 Å². The van der Waals surface area contributed by atoms with Crippen molar-refractivity contribution in [2.45, 2.75) is 241 Å². The molecule has 0 amide bonds. The summed E-state index contributed by atoms with van der Waals surface area (Å²) < 4.78 is 47.7. The number of carbonyl (C=O) groups is 1. The number of aliphatic hydroxyl groups is 15. The second kappa shape index (κ2) is 22.1. The molecule has 4 aliphatic heterocycles. The van der Waals surface area contributed by atoms with E-state index < -0.39 is 195 Å². The molecule has 9 rings (SSSR count). The molecular weight excluding hydrogens is 1030 g/mol. The first-order valence-electron chi connectivity index (χ1n) is 27.9. The Hall–Kier alpha value is -1.67. The fourth-order valence-corrected chi connectivity index (χ4v) is 16.5. The molecule has 0 aromatic carbocycles. The van der Waals surface area contributed by atoms with Crippen LogP contribution in [0.1, 0.15) is 106 Å². The summed E-state index contributed by atoms with van der Waals surface area (Å²) in [6.07, 6.45) is -28.4. The van der Waals surface area contributed by atoms with Crippen LogP contribution < -0.4 is 0 Å². The molecule has 4 saturated heterocycles. The maximum absolute atomic E-state index is 15.6. The number of esters is 1. The second-order valence-corrected chi connectivity index (χ2v) is 26.3. The average Bonchev–Trinajstić information content (AvgIpc) is 2.94. The highest BCUT2D eigenvalue weighted by Crippen LogP contribution is 2.76. The number of ether oxygens (including phenoxy) is 8. The lowest BCUT2D eigenvalue weighted by Gasteiger charge is -2.72. The zero-order chi connectivity index (χ0) is 57.1. The summed E-state index contributed by atoms with van der Waals surface area (Å²) in [6.45, 7) is 11.8. The molecule has 0 spiro atoms. The third-order valence-corrected chi connectivity index (χ3v) is 21.5. The van der Waals surface area contributed by atoms with Crippen LogP contribution in [0.25, 0.3) is 0 Å². The van der Waals surface area contributed by atoms with Crippen molar-refractivity contribution >= 4 is 5.97 Å². The standard InChI is InChI=1S/C54H88O24/c1-22-31(59)35(63)40(68)45(72-22)76-42-38(66)34(62)28(20-71-44-39(67)36(64)32(60)26(18-55)73-44)75-47(42)78-48(70)54-14-12-49(2,3)16-24(54)23-8-9-30-50(4)17-25(58)43(77-46-41(69)37(65)33(61)27(19-56)74-46)51(5,21-57)29(50)10-11-53(30,7)52(23,6)13-15-54/h8,22,24-47,55-69H,9-21H2,1-7H3/t22-,24?,25-,26-,27+,28+,29+,30?,31-,32-,33+,34+,35+,36+,37-,38-,39-,40+,41+,42+,43-,44-,45-,46-,47-,50-,51-,52+,53+,54?/m0/s1. The van der Waals surface area contributed by atoms with Crippen molar-refractivity contribution < 1.29 is 119 Å². The molecule has 448 valence electrons. The number of aliphatic hydroxyl groups excluding tert-OH is 15. The van der Waals surface area contributed by atoms with Gasteiger partial charge in [0.2, 0.25) is 6.29 Å². The van der Waals surface area contributed by atoms with Crippen LogP contribution in [-0.4, -0.2) is 244 Å². The molecule has 3 unspecified atom stereocenters. The summed E-state index contributed by atoms with van der Waals surface area (Å²) in [6, 6.07) is 0.